The van der Waals surface area contributed by atoms with Crippen LogP contribution in [0.5, 0.6) is 0 Å². The average Bonchev–Trinajstić information content (AvgIpc) is 3.29. The zero-order chi connectivity index (χ0) is 23.4. The Bertz CT molecular complexity index is 1560. The van der Waals surface area contributed by atoms with Gasteiger partial charge in [0, 0.05) is 46.0 Å². The Morgan fingerprint density at radius 3 is 2.71 bits per heavy atom. The van der Waals surface area contributed by atoms with Gasteiger partial charge in [-0.1, -0.05) is 24.3 Å². The summed E-state index contributed by atoms with van der Waals surface area (Å²) in [7, 11) is 0. The summed E-state index contributed by atoms with van der Waals surface area (Å²) in [6.45, 7) is 5.22. The van der Waals surface area contributed by atoms with Crippen molar-refractivity contribution >= 4 is 39.3 Å². The Morgan fingerprint density at radius 2 is 1.91 bits per heavy atom. The lowest BCUT2D eigenvalue weighted by molar-refractivity contribution is 0.102. The molecule has 3 aromatic heterocycles. The van der Waals surface area contributed by atoms with Gasteiger partial charge in [-0.2, -0.15) is 0 Å². The van der Waals surface area contributed by atoms with Crippen LogP contribution >= 0.6 is 0 Å². The molecule has 170 valence electrons. The van der Waals surface area contributed by atoms with Crippen LogP contribution in [0.25, 0.3) is 33.2 Å². The summed E-state index contributed by atoms with van der Waals surface area (Å²) in [4.78, 5) is 21.9. The zero-order valence-electron chi connectivity index (χ0n) is 19.2. The van der Waals surface area contributed by atoms with E-state index in [2.05, 4.69) is 44.3 Å². The Labute approximate surface area is 197 Å². The number of aryl methyl sites for hydroxylation is 1. The molecule has 34 heavy (non-hydrogen) atoms. The summed E-state index contributed by atoms with van der Waals surface area (Å²) >= 11 is 0. The summed E-state index contributed by atoms with van der Waals surface area (Å²) in [6, 6.07) is 17.9. The fourth-order valence-electron chi connectivity index (χ4n) is 5.26. The zero-order valence-corrected chi connectivity index (χ0v) is 19.2. The molecule has 1 aliphatic rings. The summed E-state index contributed by atoms with van der Waals surface area (Å²) < 4.78 is 4.62. The molecule has 0 radical (unpaired) electrons. The van der Waals surface area contributed by atoms with Crippen molar-refractivity contribution in [2.75, 3.05) is 11.1 Å². The molecule has 1 amide bonds. The van der Waals surface area contributed by atoms with Gasteiger partial charge in [-0.15, -0.1) is 0 Å². The number of carbonyl (C=O) groups excluding carboxylic acids is 1. The number of amides is 1. The van der Waals surface area contributed by atoms with Crippen LogP contribution in [-0.4, -0.2) is 25.0 Å². The average molecular weight is 451 g/mol. The third-order valence-corrected chi connectivity index (χ3v) is 6.68. The van der Waals surface area contributed by atoms with Crippen molar-refractivity contribution in [2.45, 2.75) is 39.3 Å². The smallest absolute Gasteiger partial charge is 0.255 e. The van der Waals surface area contributed by atoms with E-state index in [1.165, 1.54) is 5.69 Å². The van der Waals surface area contributed by atoms with E-state index < -0.39 is 0 Å². The van der Waals surface area contributed by atoms with E-state index in [4.69, 9.17) is 5.73 Å². The lowest BCUT2D eigenvalue weighted by Gasteiger charge is -2.13. The number of rotatable bonds is 3. The maximum atomic E-state index is 13.0. The van der Waals surface area contributed by atoms with Crippen LogP contribution in [0.1, 0.15) is 42.4 Å². The second-order valence-electron chi connectivity index (χ2n) is 9.12. The quantitative estimate of drug-likeness (QED) is 0.384. The van der Waals surface area contributed by atoms with Crippen LogP contribution in [0, 0.1) is 0 Å². The minimum atomic E-state index is -0.119. The lowest BCUT2D eigenvalue weighted by Crippen LogP contribution is -2.11. The number of carbonyl (C=O) groups is 1. The highest BCUT2D eigenvalue weighted by Crippen LogP contribution is 2.42. The van der Waals surface area contributed by atoms with Gasteiger partial charge in [-0.25, -0.2) is 9.97 Å². The van der Waals surface area contributed by atoms with E-state index in [0.717, 1.165) is 58.3 Å². The molecule has 2 aromatic carbocycles. The molecule has 0 fully saturated rings. The SMILES string of the molecule is CC(C)n1c2c(c3c(N)ncnc31)-c1cc3ccc(C(=O)Nc4ccccc4)cc3n1CCC2. The van der Waals surface area contributed by atoms with Gasteiger partial charge >= 0.3 is 0 Å². The van der Waals surface area contributed by atoms with Gasteiger partial charge in [0.2, 0.25) is 0 Å². The molecule has 7 nitrogen and oxygen atoms in total. The number of para-hydroxylation sites is 1. The van der Waals surface area contributed by atoms with Gasteiger partial charge in [-0.05, 0) is 57.0 Å². The molecule has 1 aliphatic heterocycles. The number of hydrogen-bond acceptors (Lipinski definition) is 4. The highest BCUT2D eigenvalue weighted by atomic mass is 16.1. The second-order valence-corrected chi connectivity index (χ2v) is 9.12. The monoisotopic (exact) mass is 450 g/mol. The van der Waals surface area contributed by atoms with Gasteiger partial charge < -0.3 is 20.2 Å². The fourth-order valence-corrected chi connectivity index (χ4v) is 5.26. The number of anilines is 2. The Morgan fingerprint density at radius 1 is 1.09 bits per heavy atom. The number of hydrogen-bond donors (Lipinski definition) is 2. The van der Waals surface area contributed by atoms with Gasteiger partial charge in [0.15, 0.2) is 0 Å². The first-order chi connectivity index (χ1) is 16.5. The molecule has 3 N–H and O–H groups in total. The van der Waals surface area contributed by atoms with E-state index in [9.17, 15) is 4.79 Å². The Balaban J connectivity index is 1.53. The Hall–Kier alpha value is -4.13. The fraction of sp³-hybridized carbons (Fsp3) is 0.222. The second kappa shape index (κ2) is 7.73. The van der Waals surface area contributed by atoms with Crippen molar-refractivity contribution < 1.29 is 4.79 Å². The lowest BCUT2D eigenvalue weighted by atomic mass is 10.1. The molecule has 0 spiro atoms. The third-order valence-electron chi connectivity index (χ3n) is 6.68. The Kier molecular flexibility index (Phi) is 4.65. The number of nitrogen functional groups attached to an aromatic ring is 1. The van der Waals surface area contributed by atoms with Crippen LogP contribution in [-0.2, 0) is 13.0 Å². The predicted molar refractivity (Wildman–Crippen MR) is 136 cm³/mol. The van der Waals surface area contributed by atoms with Crippen molar-refractivity contribution in [2.24, 2.45) is 0 Å². The summed E-state index contributed by atoms with van der Waals surface area (Å²) in [5.41, 5.74) is 13.2. The van der Waals surface area contributed by atoms with Crippen molar-refractivity contribution in [3.63, 3.8) is 0 Å². The number of nitrogens with two attached hydrogens (primary N) is 1. The molecular formula is C27H26N6O. The normalized spacial score (nSPS) is 13.1. The van der Waals surface area contributed by atoms with E-state index in [-0.39, 0.29) is 11.9 Å². The maximum absolute atomic E-state index is 13.0. The van der Waals surface area contributed by atoms with Crippen molar-refractivity contribution in [3.8, 4) is 11.3 Å². The third kappa shape index (κ3) is 3.08. The van der Waals surface area contributed by atoms with Crippen LogP contribution in [0.2, 0.25) is 0 Å². The van der Waals surface area contributed by atoms with Crippen LogP contribution in [0.4, 0.5) is 11.5 Å². The van der Waals surface area contributed by atoms with Crippen molar-refractivity contribution in [3.05, 3.63) is 72.2 Å². The van der Waals surface area contributed by atoms with E-state index in [1.54, 1.807) is 6.33 Å². The van der Waals surface area contributed by atoms with Crippen LogP contribution in [0.3, 0.4) is 0 Å². The molecule has 0 saturated carbocycles. The molecule has 0 aliphatic carbocycles. The molecule has 4 heterocycles. The van der Waals surface area contributed by atoms with Gasteiger partial charge in [-0.3, -0.25) is 4.79 Å². The topological polar surface area (TPSA) is 90.8 Å². The molecule has 6 rings (SSSR count). The summed E-state index contributed by atoms with van der Waals surface area (Å²) in [5.74, 6) is 0.384. The van der Waals surface area contributed by atoms with Gasteiger partial charge in [0.05, 0.1) is 11.1 Å². The first kappa shape index (κ1) is 20.5. The minimum Gasteiger partial charge on any atom is -0.383 e. The van der Waals surface area contributed by atoms with Crippen molar-refractivity contribution in [1.29, 1.82) is 0 Å². The van der Waals surface area contributed by atoms with E-state index >= 15 is 0 Å². The highest BCUT2D eigenvalue weighted by Gasteiger charge is 2.28. The number of benzene rings is 2. The van der Waals surface area contributed by atoms with E-state index in [0.29, 0.717) is 11.4 Å². The largest absolute Gasteiger partial charge is 0.383 e. The molecule has 0 unspecified atom stereocenters. The molecule has 0 bridgehead atoms. The minimum absolute atomic E-state index is 0.119. The summed E-state index contributed by atoms with van der Waals surface area (Å²) in [6.07, 6.45) is 3.46. The van der Waals surface area contributed by atoms with Gasteiger partial charge in [0.25, 0.3) is 5.91 Å². The number of nitrogens with one attached hydrogen (secondary N) is 1. The van der Waals surface area contributed by atoms with E-state index in [1.807, 2.05) is 48.5 Å². The van der Waals surface area contributed by atoms with Crippen LogP contribution < -0.4 is 11.1 Å². The molecular weight excluding hydrogens is 424 g/mol. The standard InChI is InChI=1S/C27H26N6O/c1-16(2)33-20-9-6-12-32-21-14-18(27(34)31-19-7-4-3-5-8-19)11-10-17(21)13-22(32)23(20)24-25(28)29-15-30-26(24)33/h3-5,7-8,10-11,13-16H,6,9,12H2,1-2H3,(H,31,34)(H2,28,29,30). The van der Waals surface area contributed by atoms with Crippen molar-refractivity contribution in [1.82, 2.24) is 19.1 Å². The molecule has 5 aromatic rings. The highest BCUT2D eigenvalue weighted by molar-refractivity contribution is 6.08. The molecule has 7 heteroatoms. The predicted octanol–water partition coefficient (Wildman–Crippen LogP) is 5.41. The molecule has 0 atom stereocenters. The summed E-state index contributed by atoms with van der Waals surface area (Å²) in [5, 5.41) is 5.00. The van der Waals surface area contributed by atoms with Crippen LogP contribution in [0.15, 0.2) is 60.9 Å². The number of fused-ring (bicyclic) bond motifs is 7. The van der Waals surface area contributed by atoms with Gasteiger partial charge in [0.1, 0.15) is 17.8 Å². The number of nitrogens with zero attached hydrogens (tertiary/aromatic N) is 4. The first-order valence-electron chi connectivity index (χ1n) is 11.7. The molecule has 0 saturated heterocycles. The maximum Gasteiger partial charge on any atom is 0.255 e. The number of aromatic nitrogens is 4. The first-order valence-corrected chi connectivity index (χ1v) is 11.7.